The van der Waals surface area contributed by atoms with Crippen molar-refractivity contribution in [3.63, 3.8) is 0 Å². The zero-order valence-corrected chi connectivity index (χ0v) is 14.2. The molecule has 1 aromatic rings. The number of nitrogens with zero attached hydrogens (tertiary/aromatic N) is 2. The molecule has 4 nitrogen and oxygen atoms in total. The van der Waals surface area contributed by atoms with Crippen LogP contribution in [0.1, 0.15) is 32.3 Å². The Bertz CT molecular complexity index is 740. The first-order valence-electron chi connectivity index (χ1n) is 6.77. The second-order valence-electron chi connectivity index (χ2n) is 6.08. The van der Waals surface area contributed by atoms with Gasteiger partial charge in [-0.2, -0.15) is 10.5 Å². The molecule has 1 aliphatic heterocycles. The number of hydrogen-bond acceptors (Lipinski definition) is 4. The van der Waals surface area contributed by atoms with Crippen molar-refractivity contribution in [3.05, 3.63) is 57.1 Å². The summed E-state index contributed by atoms with van der Waals surface area (Å²) >= 11 is 3.39. The van der Waals surface area contributed by atoms with E-state index in [2.05, 4.69) is 28.1 Å². The molecule has 0 amide bonds. The molecule has 2 N–H and O–H groups in total. The van der Waals surface area contributed by atoms with E-state index in [4.69, 9.17) is 10.5 Å². The summed E-state index contributed by atoms with van der Waals surface area (Å²) in [6.45, 7) is 5.84. The lowest BCUT2D eigenvalue weighted by Gasteiger charge is -2.32. The second kappa shape index (κ2) is 5.87. The molecule has 0 radical (unpaired) electrons. The van der Waals surface area contributed by atoms with Gasteiger partial charge in [0.05, 0.1) is 17.6 Å². The predicted molar refractivity (Wildman–Crippen MR) is 86.9 cm³/mol. The lowest BCUT2D eigenvalue weighted by Crippen LogP contribution is -2.26. The summed E-state index contributed by atoms with van der Waals surface area (Å²) in [5.74, 6) is 0.0878. The van der Waals surface area contributed by atoms with Crippen LogP contribution >= 0.6 is 15.9 Å². The molecular weight excluding hydrogens is 342 g/mol. The van der Waals surface area contributed by atoms with Crippen LogP contribution in [0.2, 0.25) is 0 Å². The van der Waals surface area contributed by atoms with Crippen molar-refractivity contribution in [1.29, 1.82) is 10.5 Å². The van der Waals surface area contributed by atoms with Crippen molar-refractivity contribution in [1.82, 2.24) is 0 Å². The first-order valence-corrected chi connectivity index (χ1v) is 7.56. The molecule has 1 aromatic carbocycles. The number of nitriles is 2. The SMILES string of the molecule is CC(C)(C)C1=C(C#N)[C@H](c2ccc(Br)cc2)C(C#N)=C(N)O1. The summed E-state index contributed by atoms with van der Waals surface area (Å²) < 4.78 is 6.54. The number of halogens is 1. The smallest absolute Gasteiger partial charge is 0.205 e. The van der Waals surface area contributed by atoms with Crippen LogP contribution in [0.25, 0.3) is 0 Å². The standard InChI is InChI=1S/C17H16BrN3O/c1-17(2,3)15-12(8-19)14(13(9-20)16(21)22-15)10-4-6-11(18)7-5-10/h4-7,14H,21H2,1-3H3/t14-/m0/s1. The van der Waals surface area contributed by atoms with Gasteiger partial charge in [0.1, 0.15) is 17.4 Å². The van der Waals surface area contributed by atoms with E-state index in [-0.39, 0.29) is 16.9 Å². The number of ether oxygens (including phenoxy) is 1. The highest BCUT2D eigenvalue weighted by molar-refractivity contribution is 9.10. The molecule has 2 rings (SSSR count). The minimum atomic E-state index is -0.494. The quantitative estimate of drug-likeness (QED) is 0.820. The molecule has 0 spiro atoms. The van der Waals surface area contributed by atoms with Crippen LogP contribution < -0.4 is 5.73 Å². The van der Waals surface area contributed by atoms with Crippen LogP contribution in [0.15, 0.2) is 51.5 Å². The maximum absolute atomic E-state index is 9.64. The summed E-state index contributed by atoms with van der Waals surface area (Å²) in [6.07, 6.45) is 0. The first-order chi connectivity index (χ1) is 10.3. The molecule has 0 aromatic heterocycles. The van der Waals surface area contributed by atoms with Gasteiger partial charge >= 0.3 is 0 Å². The highest BCUT2D eigenvalue weighted by Crippen LogP contribution is 2.44. The molecule has 0 aliphatic carbocycles. The Hall–Kier alpha value is -2.24. The van der Waals surface area contributed by atoms with Gasteiger partial charge in [-0.1, -0.05) is 48.8 Å². The summed E-state index contributed by atoms with van der Waals surface area (Å²) in [5.41, 5.74) is 7.09. The summed E-state index contributed by atoms with van der Waals surface area (Å²) in [6, 6.07) is 11.8. The average molecular weight is 358 g/mol. The van der Waals surface area contributed by atoms with E-state index in [0.717, 1.165) is 10.0 Å². The molecule has 1 aliphatic rings. The van der Waals surface area contributed by atoms with E-state index in [1.807, 2.05) is 45.0 Å². The monoisotopic (exact) mass is 357 g/mol. The zero-order valence-electron chi connectivity index (χ0n) is 12.6. The van der Waals surface area contributed by atoms with Gasteiger partial charge < -0.3 is 10.5 Å². The number of rotatable bonds is 1. The van der Waals surface area contributed by atoms with E-state index >= 15 is 0 Å². The van der Waals surface area contributed by atoms with Gasteiger partial charge in [0.15, 0.2) is 0 Å². The van der Waals surface area contributed by atoms with Crippen LogP contribution in [-0.2, 0) is 4.74 Å². The average Bonchev–Trinajstić information content (AvgIpc) is 2.46. The van der Waals surface area contributed by atoms with E-state index in [9.17, 15) is 10.5 Å². The first kappa shape index (κ1) is 16.1. The summed E-state index contributed by atoms with van der Waals surface area (Å²) in [4.78, 5) is 0. The van der Waals surface area contributed by atoms with Gasteiger partial charge in [0.2, 0.25) is 5.88 Å². The lowest BCUT2D eigenvalue weighted by molar-refractivity contribution is 0.199. The molecule has 0 unspecified atom stereocenters. The number of hydrogen-bond donors (Lipinski definition) is 1. The maximum Gasteiger partial charge on any atom is 0.205 e. The van der Waals surface area contributed by atoms with Gasteiger partial charge in [-0.15, -0.1) is 0 Å². The molecule has 22 heavy (non-hydrogen) atoms. The largest absolute Gasteiger partial charge is 0.443 e. The van der Waals surface area contributed by atoms with E-state index < -0.39 is 5.92 Å². The fourth-order valence-corrected chi connectivity index (χ4v) is 2.68. The Balaban J connectivity index is 2.70. The zero-order chi connectivity index (χ0) is 16.5. The van der Waals surface area contributed by atoms with Crippen molar-refractivity contribution in [2.45, 2.75) is 26.7 Å². The minimum Gasteiger partial charge on any atom is -0.443 e. The molecule has 1 heterocycles. The fraction of sp³-hybridized carbons (Fsp3) is 0.294. The maximum atomic E-state index is 9.64. The Morgan fingerprint density at radius 3 is 2.09 bits per heavy atom. The van der Waals surface area contributed by atoms with Crippen molar-refractivity contribution in [2.75, 3.05) is 0 Å². The van der Waals surface area contributed by atoms with Crippen molar-refractivity contribution in [2.24, 2.45) is 11.1 Å². The third kappa shape index (κ3) is 2.86. The topological polar surface area (TPSA) is 82.8 Å². The highest BCUT2D eigenvalue weighted by Gasteiger charge is 2.37. The van der Waals surface area contributed by atoms with Gasteiger partial charge in [-0.3, -0.25) is 0 Å². The van der Waals surface area contributed by atoms with E-state index in [0.29, 0.717) is 11.3 Å². The lowest BCUT2D eigenvalue weighted by atomic mass is 9.79. The third-order valence-corrected chi connectivity index (χ3v) is 3.95. The summed E-state index contributed by atoms with van der Waals surface area (Å²) in [7, 11) is 0. The molecule has 0 saturated carbocycles. The van der Waals surface area contributed by atoms with Gasteiger partial charge in [-0.25, -0.2) is 0 Å². The Morgan fingerprint density at radius 1 is 1.09 bits per heavy atom. The highest BCUT2D eigenvalue weighted by atomic mass is 79.9. The van der Waals surface area contributed by atoms with Crippen LogP contribution in [0.4, 0.5) is 0 Å². The third-order valence-electron chi connectivity index (χ3n) is 3.42. The number of benzene rings is 1. The molecule has 0 fully saturated rings. The van der Waals surface area contributed by atoms with Crippen LogP contribution in [0.3, 0.4) is 0 Å². The van der Waals surface area contributed by atoms with Crippen molar-refractivity contribution >= 4 is 15.9 Å². The minimum absolute atomic E-state index is 0.0688. The normalized spacial score (nSPS) is 18.5. The van der Waals surface area contributed by atoms with Crippen LogP contribution in [0, 0.1) is 28.1 Å². The Labute approximate surface area is 138 Å². The molecule has 112 valence electrons. The van der Waals surface area contributed by atoms with Crippen molar-refractivity contribution in [3.8, 4) is 12.1 Å². The van der Waals surface area contributed by atoms with Gasteiger partial charge in [-0.05, 0) is 17.7 Å². The molecule has 5 heteroatoms. The van der Waals surface area contributed by atoms with Crippen molar-refractivity contribution < 1.29 is 4.74 Å². The fourth-order valence-electron chi connectivity index (χ4n) is 2.42. The molecular formula is C17H16BrN3O. The molecule has 0 bridgehead atoms. The summed E-state index contributed by atoms with van der Waals surface area (Å²) in [5, 5.41) is 19.1. The van der Waals surface area contributed by atoms with Gasteiger partial charge in [0.25, 0.3) is 0 Å². The Kier molecular flexibility index (Phi) is 4.30. The van der Waals surface area contributed by atoms with Crippen LogP contribution in [-0.4, -0.2) is 0 Å². The van der Waals surface area contributed by atoms with E-state index in [1.165, 1.54) is 0 Å². The Morgan fingerprint density at radius 2 is 1.64 bits per heavy atom. The number of nitrogens with two attached hydrogens (primary N) is 1. The molecule has 1 atom stereocenters. The predicted octanol–water partition coefficient (Wildman–Crippen LogP) is 4.08. The second-order valence-corrected chi connectivity index (χ2v) is 7.00. The van der Waals surface area contributed by atoms with Gasteiger partial charge in [0, 0.05) is 9.89 Å². The van der Waals surface area contributed by atoms with E-state index in [1.54, 1.807) is 0 Å². The van der Waals surface area contributed by atoms with Crippen LogP contribution in [0.5, 0.6) is 0 Å². The molecule has 0 saturated heterocycles. The number of allylic oxidation sites excluding steroid dienone is 3.